The minimum Gasteiger partial charge on any atom is -0.473 e. The number of unbranched alkanes of at least 4 members (excludes halogenated alkanes) is 1. The highest BCUT2D eigenvalue weighted by molar-refractivity contribution is 5.80. The first-order valence-corrected chi connectivity index (χ1v) is 4.71. The van der Waals surface area contributed by atoms with Gasteiger partial charge in [0, 0.05) is 0 Å². The Morgan fingerprint density at radius 2 is 2.50 bits per heavy atom. The Morgan fingerprint density at radius 3 is 3.14 bits per heavy atom. The van der Waals surface area contributed by atoms with E-state index >= 15 is 0 Å². The van der Waals surface area contributed by atoms with Gasteiger partial charge in [0.15, 0.2) is 18.5 Å². The van der Waals surface area contributed by atoms with Crippen LogP contribution in [0.15, 0.2) is 17.1 Å². The van der Waals surface area contributed by atoms with Crippen molar-refractivity contribution in [2.75, 3.05) is 7.11 Å². The summed E-state index contributed by atoms with van der Waals surface area (Å²) in [5, 5.41) is 0. The molecule has 1 aliphatic rings. The van der Waals surface area contributed by atoms with Gasteiger partial charge in [-0.1, -0.05) is 19.4 Å². The van der Waals surface area contributed by atoms with Gasteiger partial charge in [0.2, 0.25) is 0 Å². The van der Waals surface area contributed by atoms with Gasteiger partial charge in [-0.15, -0.1) is 0 Å². The van der Waals surface area contributed by atoms with Crippen LogP contribution in [0.3, 0.4) is 0 Å². The van der Waals surface area contributed by atoms with Crippen LogP contribution >= 0.6 is 0 Å². The summed E-state index contributed by atoms with van der Waals surface area (Å²) < 4.78 is 9.76. The fraction of sp³-hybridized carbons (Fsp3) is 0.600. The van der Waals surface area contributed by atoms with Gasteiger partial charge in [-0.25, -0.2) is 9.79 Å². The molecule has 0 aromatic carbocycles. The van der Waals surface area contributed by atoms with Crippen LogP contribution in [0.4, 0.5) is 0 Å². The zero-order valence-electron chi connectivity index (χ0n) is 8.47. The Kier molecular flexibility index (Phi) is 4.16. The Labute approximate surface area is 83.6 Å². The summed E-state index contributed by atoms with van der Waals surface area (Å²) in [5.74, 6) is -0.357. The largest absolute Gasteiger partial charge is 0.473 e. The van der Waals surface area contributed by atoms with Crippen molar-refractivity contribution in [3.05, 3.63) is 12.2 Å². The zero-order chi connectivity index (χ0) is 10.4. The van der Waals surface area contributed by atoms with Crippen LogP contribution in [0.2, 0.25) is 0 Å². The van der Waals surface area contributed by atoms with Gasteiger partial charge in [-0.3, -0.25) is 0 Å². The normalized spacial score (nSPS) is 25.3. The third-order valence-electron chi connectivity index (χ3n) is 1.97. The molecule has 0 radical (unpaired) electrons. The number of esters is 1. The number of ether oxygens (including phenoxy) is 2. The maximum absolute atomic E-state index is 11.2. The van der Waals surface area contributed by atoms with E-state index < -0.39 is 6.04 Å². The molecule has 0 aromatic rings. The van der Waals surface area contributed by atoms with Crippen LogP contribution in [0.5, 0.6) is 0 Å². The molecule has 0 fully saturated rings. The van der Waals surface area contributed by atoms with Gasteiger partial charge in [-0.2, -0.15) is 0 Å². The molecule has 0 bridgehead atoms. The molecule has 0 saturated carbocycles. The maximum atomic E-state index is 11.2. The first-order chi connectivity index (χ1) is 6.79. The minimum absolute atomic E-state index is 0.297. The van der Waals surface area contributed by atoms with Crippen molar-refractivity contribution >= 4 is 12.4 Å². The molecule has 0 N–H and O–H groups in total. The topological polar surface area (TPSA) is 47.9 Å². The molecule has 0 spiro atoms. The van der Waals surface area contributed by atoms with Crippen molar-refractivity contribution in [1.29, 1.82) is 0 Å². The second kappa shape index (κ2) is 5.42. The van der Waals surface area contributed by atoms with Crippen molar-refractivity contribution in [2.45, 2.75) is 31.9 Å². The van der Waals surface area contributed by atoms with E-state index in [1.807, 2.05) is 12.2 Å². The van der Waals surface area contributed by atoms with Crippen LogP contribution < -0.4 is 0 Å². The van der Waals surface area contributed by atoms with E-state index in [0.717, 1.165) is 12.8 Å². The van der Waals surface area contributed by atoms with E-state index in [1.165, 1.54) is 13.5 Å². The Bertz CT molecular complexity index is 248. The van der Waals surface area contributed by atoms with Crippen LogP contribution in [0.1, 0.15) is 19.8 Å². The summed E-state index contributed by atoms with van der Waals surface area (Å²) in [5.41, 5.74) is 0. The van der Waals surface area contributed by atoms with E-state index in [9.17, 15) is 4.79 Å². The van der Waals surface area contributed by atoms with E-state index in [0.29, 0.717) is 0 Å². The van der Waals surface area contributed by atoms with Crippen molar-refractivity contribution in [2.24, 2.45) is 4.99 Å². The molecule has 14 heavy (non-hydrogen) atoms. The lowest BCUT2D eigenvalue weighted by Gasteiger charge is -2.10. The van der Waals surface area contributed by atoms with Gasteiger partial charge in [0.1, 0.15) is 0 Å². The Morgan fingerprint density at radius 1 is 1.71 bits per heavy atom. The lowest BCUT2D eigenvalue weighted by Crippen LogP contribution is -2.29. The zero-order valence-corrected chi connectivity index (χ0v) is 8.47. The summed E-state index contributed by atoms with van der Waals surface area (Å²) >= 11 is 0. The first-order valence-electron chi connectivity index (χ1n) is 4.71. The lowest BCUT2D eigenvalue weighted by molar-refractivity contribution is -0.143. The number of allylic oxidation sites excluding steroid dienone is 1. The molecule has 78 valence electrons. The van der Waals surface area contributed by atoms with Gasteiger partial charge in [0.25, 0.3) is 0 Å². The number of hydrogen-bond donors (Lipinski definition) is 0. The van der Waals surface area contributed by atoms with Crippen LogP contribution in [-0.2, 0) is 14.3 Å². The number of methoxy groups -OCH3 is 1. The average molecular weight is 197 g/mol. The molecule has 0 unspecified atom stereocenters. The molecular weight excluding hydrogens is 182 g/mol. The van der Waals surface area contributed by atoms with Gasteiger partial charge >= 0.3 is 5.97 Å². The third-order valence-corrected chi connectivity index (χ3v) is 1.97. The summed E-state index contributed by atoms with van der Waals surface area (Å²) in [4.78, 5) is 15.1. The number of carbonyl (C=O) groups is 1. The molecule has 4 nitrogen and oxygen atoms in total. The van der Waals surface area contributed by atoms with Crippen molar-refractivity contribution in [3.8, 4) is 0 Å². The number of nitrogens with zero attached hydrogens (tertiary/aromatic N) is 1. The second-order valence-electron chi connectivity index (χ2n) is 3.04. The number of hydrogen-bond acceptors (Lipinski definition) is 4. The van der Waals surface area contributed by atoms with Gasteiger partial charge in [-0.05, 0) is 12.5 Å². The van der Waals surface area contributed by atoms with E-state index in [-0.39, 0.29) is 12.1 Å². The van der Waals surface area contributed by atoms with Gasteiger partial charge in [0.05, 0.1) is 7.11 Å². The number of aliphatic imine (C=N–C) groups is 1. The summed E-state index contributed by atoms with van der Waals surface area (Å²) in [7, 11) is 1.35. The SMILES string of the molecule is CCC/C=C/[C@H]1OC=N[C@H]1C(=O)OC. The molecule has 1 rings (SSSR count). The van der Waals surface area contributed by atoms with E-state index in [1.54, 1.807) is 0 Å². The average Bonchev–Trinajstić information content (AvgIpc) is 2.65. The van der Waals surface area contributed by atoms with E-state index in [2.05, 4.69) is 16.7 Å². The Balaban J connectivity index is 2.49. The molecular formula is C10H15NO3. The second-order valence-corrected chi connectivity index (χ2v) is 3.04. The molecule has 0 amide bonds. The molecule has 1 heterocycles. The molecule has 0 aliphatic carbocycles. The fourth-order valence-electron chi connectivity index (χ4n) is 1.19. The molecule has 4 heteroatoms. The van der Waals surface area contributed by atoms with Crippen LogP contribution in [0, 0.1) is 0 Å². The van der Waals surface area contributed by atoms with Crippen LogP contribution in [-0.4, -0.2) is 31.6 Å². The van der Waals surface area contributed by atoms with Crippen molar-refractivity contribution in [1.82, 2.24) is 0 Å². The summed E-state index contributed by atoms with van der Waals surface area (Å²) in [6.45, 7) is 2.09. The highest BCUT2D eigenvalue weighted by atomic mass is 16.5. The highest BCUT2D eigenvalue weighted by Crippen LogP contribution is 2.13. The molecule has 0 aromatic heterocycles. The lowest BCUT2D eigenvalue weighted by atomic mass is 10.1. The smallest absolute Gasteiger partial charge is 0.334 e. The standard InChI is InChI=1S/C10H15NO3/c1-3-4-5-6-8-9(10(12)13-2)11-7-14-8/h5-9H,3-4H2,1-2H3/b6-5+/t8-,9-/m1/s1. The number of carbonyl (C=O) groups excluding carboxylic acids is 1. The number of rotatable bonds is 4. The maximum Gasteiger partial charge on any atom is 0.334 e. The fourth-order valence-corrected chi connectivity index (χ4v) is 1.19. The minimum atomic E-state index is -0.534. The monoisotopic (exact) mass is 197 g/mol. The third kappa shape index (κ3) is 2.58. The quantitative estimate of drug-likeness (QED) is 0.504. The predicted octanol–water partition coefficient (Wildman–Crippen LogP) is 1.31. The Hall–Kier alpha value is -1.32. The highest BCUT2D eigenvalue weighted by Gasteiger charge is 2.31. The van der Waals surface area contributed by atoms with Crippen molar-refractivity contribution < 1.29 is 14.3 Å². The first kappa shape index (κ1) is 10.8. The summed E-state index contributed by atoms with van der Waals surface area (Å²) in [6, 6.07) is -0.534. The van der Waals surface area contributed by atoms with Gasteiger partial charge < -0.3 is 9.47 Å². The molecule has 0 saturated heterocycles. The van der Waals surface area contributed by atoms with Crippen LogP contribution in [0.25, 0.3) is 0 Å². The molecule has 2 atom stereocenters. The molecule has 1 aliphatic heterocycles. The van der Waals surface area contributed by atoms with Crippen molar-refractivity contribution in [3.63, 3.8) is 0 Å². The summed E-state index contributed by atoms with van der Waals surface area (Å²) in [6.07, 6.45) is 6.92. The predicted molar refractivity (Wildman–Crippen MR) is 53.2 cm³/mol. The van der Waals surface area contributed by atoms with E-state index in [4.69, 9.17) is 4.74 Å².